The highest BCUT2D eigenvalue weighted by Gasteiger charge is 2.11. The van der Waals surface area contributed by atoms with Crippen LogP contribution in [0.15, 0.2) is 27.3 Å². The maximum atomic E-state index is 5.82. The molecule has 0 amide bonds. The van der Waals surface area contributed by atoms with Crippen LogP contribution < -0.4 is 5.73 Å². The SMILES string of the molecule is CCC(N)Cc1nc(-c2ccc(Br)cn2)no1. The van der Waals surface area contributed by atoms with E-state index in [1.54, 1.807) is 6.20 Å². The van der Waals surface area contributed by atoms with Gasteiger partial charge < -0.3 is 10.3 Å². The van der Waals surface area contributed by atoms with Gasteiger partial charge in [-0.05, 0) is 34.5 Å². The lowest BCUT2D eigenvalue weighted by Crippen LogP contribution is -2.21. The molecule has 90 valence electrons. The topological polar surface area (TPSA) is 77.8 Å². The summed E-state index contributed by atoms with van der Waals surface area (Å²) in [6.07, 6.45) is 3.18. The summed E-state index contributed by atoms with van der Waals surface area (Å²) in [6, 6.07) is 3.77. The number of nitrogens with two attached hydrogens (primary N) is 1. The maximum Gasteiger partial charge on any atom is 0.228 e. The zero-order valence-electron chi connectivity index (χ0n) is 9.43. The van der Waals surface area contributed by atoms with Gasteiger partial charge in [-0.25, -0.2) is 0 Å². The van der Waals surface area contributed by atoms with Gasteiger partial charge in [0.15, 0.2) is 0 Å². The third-order valence-corrected chi connectivity index (χ3v) is 2.85. The molecule has 6 heteroatoms. The first-order valence-corrected chi connectivity index (χ1v) is 6.18. The molecule has 0 bridgehead atoms. The van der Waals surface area contributed by atoms with Gasteiger partial charge in [-0.3, -0.25) is 4.98 Å². The fourth-order valence-corrected chi connectivity index (χ4v) is 1.55. The van der Waals surface area contributed by atoms with Crippen LogP contribution in [-0.2, 0) is 6.42 Å². The van der Waals surface area contributed by atoms with Gasteiger partial charge in [0.2, 0.25) is 11.7 Å². The molecule has 0 radical (unpaired) electrons. The molecule has 0 aromatic carbocycles. The molecule has 0 aliphatic rings. The Morgan fingerprint density at radius 1 is 1.47 bits per heavy atom. The molecule has 2 N–H and O–H groups in total. The van der Waals surface area contributed by atoms with Crippen LogP contribution in [0.3, 0.4) is 0 Å². The second-order valence-electron chi connectivity index (χ2n) is 3.75. The highest BCUT2D eigenvalue weighted by Crippen LogP contribution is 2.16. The van der Waals surface area contributed by atoms with Gasteiger partial charge in [0, 0.05) is 23.1 Å². The first-order valence-electron chi connectivity index (χ1n) is 5.39. The summed E-state index contributed by atoms with van der Waals surface area (Å²) in [6.45, 7) is 2.03. The van der Waals surface area contributed by atoms with Gasteiger partial charge in [-0.2, -0.15) is 4.98 Å². The quantitative estimate of drug-likeness (QED) is 0.935. The minimum absolute atomic E-state index is 0.0566. The Bertz CT molecular complexity index is 482. The van der Waals surface area contributed by atoms with E-state index < -0.39 is 0 Å². The van der Waals surface area contributed by atoms with E-state index in [0.29, 0.717) is 23.8 Å². The van der Waals surface area contributed by atoms with Crippen LogP contribution in [0.5, 0.6) is 0 Å². The first kappa shape index (κ1) is 12.2. The Morgan fingerprint density at radius 3 is 2.94 bits per heavy atom. The van der Waals surface area contributed by atoms with E-state index in [-0.39, 0.29) is 6.04 Å². The smallest absolute Gasteiger partial charge is 0.228 e. The fourth-order valence-electron chi connectivity index (χ4n) is 1.32. The van der Waals surface area contributed by atoms with Crippen molar-refractivity contribution in [3.8, 4) is 11.5 Å². The minimum atomic E-state index is 0.0566. The zero-order chi connectivity index (χ0) is 12.3. The number of rotatable bonds is 4. The molecule has 0 saturated carbocycles. The largest absolute Gasteiger partial charge is 0.339 e. The van der Waals surface area contributed by atoms with E-state index in [0.717, 1.165) is 10.9 Å². The fraction of sp³-hybridized carbons (Fsp3) is 0.364. The molecular weight excluding hydrogens is 284 g/mol. The number of halogens is 1. The van der Waals surface area contributed by atoms with E-state index in [9.17, 15) is 0 Å². The summed E-state index contributed by atoms with van der Waals surface area (Å²) >= 11 is 3.32. The number of pyridine rings is 1. The van der Waals surface area contributed by atoms with Gasteiger partial charge in [-0.1, -0.05) is 12.1 Å². The van der Waals surface area contributed by atoms with Gasteiger partial charge >= 0.3 is 0 Å². The second-order valence-corrected chi connectivity index (χ2v) is 4.66. The molecule has 2 aromatic heterocycles. The predicted octanol–water partition coefficient (Wildman–Crippen LogP) is 2.17. The molecule has 0 saturated heterocycles. The van der Waals surface area contributed by atoms with Crippen molar-refractivity contribution in [1.82, 2.24) is 15.1 Å². The van der Waals surface area contributed by atoms with Crippen LogP contribution in [0.4, 0.5) is 0 Å². The van der Waals surface area contributed by atoms with Crippen LogP contribution in [0.25, 0.3) is 11.5 Å². The number of hydrogen-bond donors (Lipinski definition) is 1. The van der Waals surface area contributed by atoms with Crippen LogP contribution in [0, 0.1) is 0 Å². The molecule has 2 heterocycles. The lowest BCUT2D eigenvalue weighted by molar-refractivity contribution is 0.368. The van der Waals surface area contributed by atoms with Crippen molar-refractivity contribution < 1.29 is 4.52 Å². The van der Waals surface area contributed by atoms with Crippen molar-refractivity contribution in [3.05, 3.63) is 28.7 Å². The van der Waals surface area contributed by atoms with Crippen molar-refractivity contribution in [2.45, 2.75) is 25.8 Å². The second kappa shape index (κ2) is 5.37. The molecule has 17 heavy (non-hydrogen) atoms. The molecule has 2 rings (SSSR count). The summed E-state index contributed by atoms with van der Waals surface area (Å²) < 4.78 is 6.04. The summed E-state index contributed by atoms with van der Waals surface area (Å²) in [5, 5.41) is 3.88. The van der Waals surface area contributed by atoms with E-state index in [1.165, 1.54) is 0 Å². The standard InChI is InChI=1S/C11H13BrN4O/c1-2-8(13)5-10-15-11(16-17-10)9-4-3-7(12)6-14-9/h3-4,6,8H,2,5,13H2,1H3. The summed E-state index contributed by atoms with van der Waals surface area (Å²) in [7, 11) is 0. The van der Waals surface area contributed by atoms with Gasteiger partial charge in [-0.15, -0.1) is 0 Å². The lowest BCUT2D eigenvalue weighted by Gasteiger charge is -2.02. The molecule has 1 atom stereocenters. The monoisotopic (exact) mass is 296 g/mol. The van der Waals surface area contributed by atoms with Crippen LogP contribution >= 0.6 is 15.9 Å². The molecule has 0 fully saturated rings. The molecule has 2 aromatic rings. The highest BCUT2D eigenvalue weighted by atomic mass is 79.9. The Balaban J connectivity index is 2.15. The van der Waals surface area contributed by atoms with E-state index >= 15 is 0 Å². The first-order chi connectivity index (χ1) is 8.19. The lowest BCUT2D eigenvalue weighted by atomic mass is 10.2. The minimum Gasteiger partial charge on any atom is -0.339 e. The third-order valence-electron chi connectivity index (χ3n) is 2.39. The van der Waals surface area contributed by atoms with Crippen molar-refractivity contribution in [2.75, 3.05) is 0 Å². The average molecular weight is 297 g/mol. The highest BCUT2D eigenvalue weighted by molar-refractivity contribution is 9.10. The van der Waals surface area contributed by atoms with Crippen LogP contribution in [0.1, 0.15) is 19.2 Å². The third kappa shape index (κ3) is 3.10. The Kier molecular flexibility index (Phi) is 3.86. The summed E-state index contributed by atoms with van der Waals surface area (Å²) in [5.41, 5.74) is 6.51. The molecule has 0 aliphatic heterocycles. The molecular formula is C11H13BrN4O. The zero-order valence-corrected chi connectivity index (χ0v) is 11.0. The summed E-state index contributed by atoms with van der Waals surface area (Å²) in [5.74, 6) is 1.05. The van der Waals surface area contributed by atoms with Crippen molar-refractivity contribution in [3.63, 3.8) is 0 Å². The normalized spacial score (nSPS) is 12.6. The number of hydrogen-bond acceptors (Lipinski definition) is 5. The van der Waals surface area contributed by atoms with E-state index in [2.05, 4.69) is 31.1 Å². The number of aromatic nitrogens is 3. The Morgan fingerprint density at radius 2 is 2.29 bits per heavy atom. The van der Waals surface area contributed by atoms with E-state index in [4.69, 9.17) is 10.3 Å². The average Bonchev–Trinajstić information content (AvgIpc) is 2.78. The van der Waals surface area contributed by atoms with Gasteiger partial charge in [0.1, 0.15) is 5.69 Å². The van der Waals surface area contributed by atoms with Crippen LogP contribution in [-0.4, -0.2) is 21.2 Å². The Hall–Kier alpha value is -1.27. The van der Waals surface area contributed by atoms with Crippen LogP contribution in [0.2, 0.25) is 0 Å². The van der Waals surface area contributed by atoms with Crippen molar-refractivity contribution in [2.24, 2.45) is 5.73 Å². The maximum absolute atomic E-state index is 5.82. The molecule has 1 unspecified atom stereocenters. The Labute approximate surface area is 108 Å². The van der Waals surface area contributed by atoms with Crippen molar-refractivity contribution >= 4 is 15.9 Å². The molecule has 0 spiro atoms. The van der Waals surface area contributed by atoms with Gasteiger partial charge in [0.05, 0.1) is 0 Å². The predicted molar refractivity (Wildman–Crippen MR) is 67.2 cm³/mol. The van der Waals surface area contributed by atoms with Gasteiger partial charge in [0.25, 0.3) is 0 Å². The number of nitrogens with zero attached hydrogens (tertiary/aromatic N) is 3. The molecule has 0 aliphatic carbocycles. The summed E-state index contributed by atoms with van der Waals surface area (Å²) in [4.78, 5) is 8.46. The molecule has 5 nitrogen and oxygen atoms in total. The van der Waals surface area contributed by atoms with Crippen molar-refractivity contribution in [1.29, 1.82) is 0 Å². The van der Waals surface area contributed by atoms with E-state index in [1.807, 2.05) is 19.1 Å².